The molecule has 2 rings (SSSR count). The van der Waals surface area contributed by atoms with Crippen molar-refractivity contribution in [2.24, 2.45) is 5.73 Å². The lowest BCUT2D eigenvalue weighted by Gasteiger charge is -2.10. The topological polar surface area (TPSA) is 68.0 Å². The molecule has 0 bridgehead atoms. The summed E-state index contributed by atoms with van der Waals surface area (Å²) in [6.45, 7) is 2.30. The van der Waals surface area contributed by atoms with Crippen LogP contribution in [-0.4, -0.2) is 17.4 Å². The molecule has 1 amide bonds. The second-order valence-electron chi connectivity index (χ2n) is 4.39. The van der Waals surface area contributed by atoms with Crippen molar-refractivity contribution in [2.45, 2.75) is 13.3 Å². The van der Waals surface area contributed by atoms with E-state index in [4.69, 9.17) is 5.73 Å². The highest BCUT2D eigenvalue weighted by atomic mass is 16.1. The highest BCUT2D eigenvalue weighted by Crippen LogP contribution is 2.17. The molecule has 1 aromatic carbocycles. The van der Waals surface area contributed by atoms with Crippen LogP contribution in [0.1, 0.15) is 28.4 Å². The van der Waals surface area contributed by atoms with Gasteiger partial charge in [-0.25, -0.2) is 0 Å². The van der Waals surface area contributed by atoms with Crippen molar-refractivity contribution in [3.8, 4) is 11.8 Å². The molecule has 106 valence electrons. The number of rotatable bonds is 3. The zero-order valence-corrected chi connectivity index (χ0v) is 11.9. The molecule has 0 aliphatic carbocycles. The smallest absolute Gasteiger partial charge is 0.257 e. The molecule has 0 unspecified atom stereocenters. The van der Waals surface area contributed by atoms with Crippen LogP contribution in [0.3, 0.4) is 0 Å². The van der Waals surface area contributed by atoms with Gasteiger partial charge in [0.25, 0.3) is 5.91 Å². The van der Waals surface area contributed by atoms with Gasteiger partial charge in [-0.3, -0.25) is 9.78 Å². The third-order valence-corrected chi connectivity index (χ3v) is 3.04. The predicted octanol–water partition coefficient (Wildman–Crippen LogP) is 2.21. The molecule has 3 N–H and O–H groups in total. The standard InChI is InChI=1S/C17H17N3O/c1-2-13-6-3-4-8-16(13)20-17(21)15-9-11-19-12-14(15)7-5-10-18/h3-4,6,8-9,11-12H,2,10,18H2,1H3,(H,20,21). The first-order valence-corrected chi connectivity index (χ1v) is 6.78. The summed E-state index contributed by atoms with van der Waals surface area (Å²) in [6.07, 6.45) is 4.00. The molecule has 2 aromatic rings. The molecule has 21 heavy (non-hydrogen) atoms. The van der Waals surface area contributed by atoms with Gasteiger partial charge < -0.3 is 11.1 Å². The lowest BCUT2D eigenvalue weighted by Crippen LogP contribution is -2.15. The minimum Gasteiger partial charge on any atom is -0.322 e. The Hall–Kier alpha value is -2.64. The number of hydrogen-bond acceptors (Lipinski definition) is 3. The molecule has 1 aromatic heterocycles. The summed E-state index contributed by atoms with van der Waals surface area (Å²) in [7, 11) is 0. The van der Waals surface area contributed by atoms with E-state index in [0.29, 0.717) is 11.1 Å². The maximum atomic E-state index is 12.4. The van der Waals surface area contributed by atoms with Crippen LogP contribution in [0.25, 0.3) is 0 Å². The Morgan fingerprint density at radius 2 is 2.14 bits per heavy atom. The van der Waals surface area contributed by atoms with Crippen LogP contribution >= 0.6 is 0 Å². The van der Waals surface area contributed by atoms with Crippen molar-refractivity contribution in [2.75, 3.05) is 11.9 Å². The minimum absolute atomic E-state index is 0.195. The van der Waals surface area contributed by atoms with Crippen molar-refractivity contribution < 1.29 is 4.79 Å². The van der Waals surface area contributed by atoms with Crippen LogP contribution in [-0.2, 0) is 6.42 Å². The minimum atomic E-state index is -0.195. The van der Waals surface area contributed by atoms with E-state index >= 15 is 0 Å². The van der Waals surface area contributed by atoms with E-state index in [0.717, 1.165) is 17.7 Å². The van der Waals surface area contributed by atoms with E-state index in [1.165, 1.54) is 0 Å². The number of nitrogens with two attached hydrogens (primary N) is 1. The molecule has 0 saturated carbocycles. The quantitative estimate of drug-likeness (QED) is 0.846. The van der Waals surface area contributed by atoms with Gasteiger partial charge in [-0.05, 0) is 24.1 Å². The van der Waals surface area contributed by atoms with Gasteiger partial charge in [0, 0.05) is 18.1 Å². The van der Waals surface area contributed by atoms with E-state index in [1.54, 1.807) is 18.5 Å². The van der Waals surface area contributed by atoms with Gasteiger partial charge in [0.2, 0.25) is 0 Å². The molecule has 0 spiro atoms. The second kappa shape index (κ2) is 7.22. The van der Waals surface area contributed by atoms with E-state index < -0.39 is 0 Å². The Morgan fingerprint density at radius 3 is 2.90 bits per heavy atom. The van der Waals surface area contributed by atoms with Crippen molar-refractivity contribution in [3.63, 3.8) is 0 Å². The van der Waals surface area contributed by atoms with Crippen LogP contribution in [0, 0.1) is 11.8 Å². The summed E-state index contributed by atoms with van der Waals surface area (Å²) in [4.78, 5) is 16.4. The lowest BCUT2D eigenvalue weighted by atomic mass is 10.1. The maximum absolute atomic E-state index is 12.4. The number of amides is 1. The molecule has 4 heteroatoms. The molecule has 4 nitrogen and oxygen atoms in total. The largest absolute Gasteiger partial charge is 0.322 e. The van der Waals surface area contributed by atoms with Crippen molar-refractivity contribution in [1.29, 1.82) is 0 Å². The highest BCUT2D eigenvalue weighted by molar-refractivity contribution is 6.06. The third-order valence-electron chi connectivity index (χ3n) is 3.04. The van der Waals surface area contributed by atoms with Gasteiger partial charge in [0.15, 0.2) is 0 Å². The van der Waals surface area contributed by atoms with Crippen LogP contribution in [0.15, 0.2) is 42.7 Å². The first kappa shape index (κ1) is 14.8. The van der Waals surface area contributed by atoms with Gasteiger partial charge >= 0.3 is 0 Å². The van der Waals surface area contributed by atoms with Gasteiger partial charge in [-0.1, -0.05) is 37.0 Å². The highest BCUT2D eigenvalue weighted by Gasteiger charge is 2.11. The summed E-state index contributed by atoms with van der Waals surface area (Å²) in [5.74, 6) is 5.42. The zero-order valence-electron chi connectivity index (χ0n) is 11.9. The number of nitrogens with one attached hydrogen (secondary N) is 1. The van der Waals surface area contributed by atoms with E-state index in [1.807, 2.05) is 24.3 Å². The number of para-hydroxylation sites is 1. The number of carbonyl (C=O) groups is 1. The van der Waals surface area contributed by atoms with Crippen molar-refractivity contribution >= 4 is 11.6 Å². The van der Waals surface area contributed by atoms with Crippen LogP contribution in [0.4, 0.5) is 5.69 Å². The lowest BCUT2D eigenvalue weighted by molar-refractivity contribution is 0.102. The number of hydrogen-bond donors (Lipinski definition) is 2. The number of anilines is 1. The molecular formula is C17H17N3O. The number of nitrogens with zero attached hydrogens (tertiary/aromatic N) is 1. The number of pyridine rings is 1. The Kier molecular flexibility index (Phi) is 5.08. The molecule has 0 saturated heterocycles. The van der Waals surface area contributed by atoms with E-state index in [2.05, 4.69) is 29.1 Å². The number of aryl methyl sites for hydroxylation is 1. The first-order valence-electron chi connectivity index (χ1n) is 6.78. The summed E-state index contributed by atoms with van der Waals surface area (Å²) in [5, 5.41) is 2.93. The zero-order chi connectivity index (χ0) is 15.1. The molecular weight excluding hydrogens is 262 g/mol. The Labute approximate surface area is 124 Å². The molecule has 0 aliphatic heterocycles. The molecule has 0 atom stereocenters. The first-order chi connectivity index (χ1) is 10.3. The van der Waals surface area contributed by atoms with Crippen molar-refractivity contribution in [3.05, 3.63) is 59.4 Å². The molecule has 0 radical (unpaired) electrons. The summed E-state index contributed by atoms with van der Waals surface area (Å²) in [5.41, 5.74) is 8.36. The fourth-order valence-corrected chi connectivity index (χ4v) is 1.98. The summed E-state index contributed by atoms with van der Waals surface area (Å²) < 4.78 is 0. The molecule has 1 heterocycles. The Balaban J connectivity index is 2.29. The van der Waals surface area contributed by atoms with Gasteiger partial charge in [0.05, 0.1) is 17.7 Å². The van der Waals surface area contributed by atoms with Crippen LogP contribution < -0.4 is 11.1 Å². The normalized spacial score (nSPS) is 9.62. The average Bonchev–Trinajstić information content (AvgIpc) is 2.53. The SMILES string of the molecule is CCc1ccccc1NC(=O)c1ccncc1C#CCN. The predicted molar refractivity (Wildman–Crippen MR) is 83.9 cm³/mol. The maximum Gasteiger partial charge on any atom is 0.257 e. The van der Waals surface area contributed by atoms with Gasteiger partial charge in [-0.2, -0.15) is 0 Å². The average molecular weight is 279 g/mol. The summed E-state index contributed by atoms with van der Waals surface area (Å²) in [6, 6.07) is 9.40. The van der Waals surface area contributed by atoms with Crippen LogP contribution in [0.2, 0.25) is 0 Å². The second-order valence-corrected chi connectivity index (χ2v) is 4.39. The Morgan fingerprint density at radius 1 is 1.33 bits per heavy atom. The van der Waals surface area contributed by atoms with Gasteiger partial charge in [0.1, 0.15) is 0 Å². The summed E-state index contributed by atoms with van der Waals surface area (Å²) >= 11 is 0. The molecule has 0 aliphatic rings. The number of benzene rings is 1. The van der Waals surface area contributed by atoms with Gasteiger partial charge in [-0.15, -0.1) is 0 Å². The number of carbonyl (C=O) groups excluding carboxylic acids is 1. The van der Waals surface area contributed by atoms with E-state index in [9.17, 15) is 4.79 Å². The van der Waals surface area contributed by atoms with E-state index in [-0.39, 0.29) is 12.5 Å². The van der Waals surface area contributed by atoms with Crippen LogP contribution in [0.5, 0.6) is 0 Å². The number of aromatic nitrogens is 1. The third kappa shape index (κ3) is 3.68. The monoisotopic (exact) mass is 279 g/mol. The molecule has 0 fully saturated rings. The van der Waals surface area contributed by atoms with Crippen molar-refractivity contribution in [1.82, 2.24) is 4.98 Å². The fraction of sp³-hybridized carbons (Fsp3) is 0.176. The Bertz CT molecular complexity index is 698. The fourth-order valence-electron chi connectivity index (χ4n) is 1.98.